The van der Waals surface area contributed by atoms with Gasteiger partial charge < -0.3 is 10.6 Å². The van der Waals surface area contributed by atoms with Gasteiger partial charge in [-0.15, -0.1) is 0 Å². The molecule has 0 aliphatic heterocycles. The van der Waals surface area contributed by atoms with Gasteiger partial charge in [0, 0.05) is 31.8 Å². The van der Waals surface area contributed by atoms with E-state index >= 15 is 0 Å². The number of carbonyl (C=O) groups excluding carboxylic acids is 1. The highest BCUT2D eigenvalue weighted by Gasteiger charge is 2.23. The fourth-order valence-corrected chi connectivity index (χ4v) is 4.28. The molecule has 0 aliphatic rings. The molecule has 0 bridgehead atoms. The van der Waals surface area contributed by atoms with Crippen molar-refractivity contribution in [3.8, 4) is 5.69 Å². The lowest BCUT2D eigenvalue weighted by Crippen LogP contribution is -2.41. The molecule has 0 unspecified atom stereocenters. The number of aryl methyl sites for hydroxylation is 2. The van der Waals surface area contributed by atoms with Crippen LogP contribution in [0, 0.1) is 19.7 Å². The van der Waals surface area contributed by atoms with E-state index in [0.29, 0.717) is 16.9 Å². The summed E-state index contributed by atoms with van der Waals surface area (Å²) in [6, 6.07) is 11.1. The smallest absolute Gasteiger partial charge is 0.336 e. The molecule has 10 heteroatoms. The number of nitrogens with one attached hydrogen (secondary N) is 2. The van der Waals surface area contributed by atoms with Crippen molar-refractivity contribution in [2.45, 2.75) is 34.2 Å². The Morgan fingerprint density at radius 2 is 1.75 bits per heavy atom. The first-order valence-electron chi connectivity index (χ1n) is 11.4. The molecule has 36 heavy (non-hydrogen) atoms. The highest BCUT2D eigenvalue weighted by atomic mass is 19.1. The van der Waals surface area contributed by atoms with Gasteiger partial charge in [-0.25, -0.2) is 9.18 Å². The fraction of sp³-hybridized carbons (Fsp3) is 0.231. The number of benzene rings is 2. The largest absolute Gasteiger partial charge is 0.338 e. The summed E-state index contributed by atoms with van der Waals surface area (Å²) in [6.07, 6.45) is 0. The van der Waals surface area contributed by atoms with Gasteiger partial charge >= 0.3 is 5.69 Å². The van der Waals surface area contributed by atoms with E-state index in [1.54, 1.807) is 44.2 Å². The summed E-state index contributed by atoms with van der Waals surface area (Å²) >= 11 is 0. The third-order valence-electron chi connectivity index (χ3n) is 6.01. The summed E-state index contributed by atoms with van der Waals surface area (Å²) in [5.74, 6) is -0.787. The van der Waals surface area contributed by atoms with Crippen LogP contribution in [0.25, 0.3) is 16.6 Å². The second kappa shape index (κ2) is 9.29. The van der Waals surface area contributed by atoms with E-state index in [4.69, 9.17) is 0 Å². The summed E-state index contributed by atoms with van der Waals surface area (Å²) in [4.78, 5) is 51.9. The highest BCUT2D eigenvalue weighted by molar-refractivity contribution is 5.94. The van der Waals surface area contributed by atoms with E-state index in [1.165, 1.54) is 42.2 Å². The summed E-state index contributed by atoms with van der Waals surface area (Å²) in [5, 5.41) is 5.63. The van der Waals surface area contributed by atoms with Gasteiger partial charge in [-0.3, -0.25) is 28.1 Å². The Morgan fingerprint density at radius 1 is 1.03 bits per heavy atom. The zero-order chi connectivity index (χ0) is 26.3. The predicted octanol–water partition coefficient (Wildman–Crippen LogP) is 3.33. The van der Waals surface area contributed by atoms with Crippen LogP contribution in [0.4, 0.5) is 21.6 Å². The Balaban J connectivity index is 2.16. The molecule has 0 saturated heterocycles. The van der Waals surface area contributed by atoms with Gasteiger partial charge in [0.1, 0.15) is 17.0 Å². The van der Waals surface area contributed by atoms with Crippen molar-refractivity contribution >= 4 is 34.0 Å². The second-order valence-corrected chi connectivity index (χ2v) is 8.57. The first kappa shape index (κ1) is 24.6. The third-order valence-corrected chi connectivity index (χ3v) is 6.01. The Hall–Kier alpha value is -4.47. The third kappa shape index (κ3) is 4.10. The zero-order valence-corrected chi connectivity index (χ0v) is 20.6. The van der Waals surface area contributed by atoms with Crippen LogP contribution in [-0.2, 0) is 18.4 Å². The number of hydrogen-bond acceptors (Lipinski definition) is 5. The molecule has 2 aromatic heterocycles. The molecule has 2 N–H and O–H groups in total. The number of anilines is 3. The average molecular weight is 492 g/mol. The minimum absolute atomic E-state index is 0.0564. The van der Waals surface area contributed by atoms with Crippen molar-refractivity contribution in [3.63, 3.8) is 0 Å². The minimum Gasteiger partial charge on any atom is -0.338 e. The summed E-state index contributed by atoms with van der Waals surface area (Å²) in [7, 11) is 1.48. The number of halogens is 1. The zero-order valence-electron chi connectivity index (χ0n) is 20.6. The Bertz CT molecular complexity index is 1720. The second-order valence-electron chi connectivity index (χ2n) is 8.57. The van der Waals surface area contributed by atoms with Crippen LogP contribution in [0.2, 0.25) is 0 Å². The van der Waals surface area contributed by atoms with Gasteiger partial charge in [0.15, 0.2) is 0 Å². The van der Waals surface area contributed by atoms with Gasteiger partial charge in [0.05, 0.1) is 16.9 Å². The van der Waals surface area contributed by atoms with E-state index in [2.05, 4.69) is 10.6 Å². The molecule has 0 spiro atoms. The molecule has 2 heterocycles. The maximum absolute atomic E-state index is 14.7. The lowest BCUT2D eigenvalue weighted by molar-refractivity contribution is -0.114. The lowest BCUT2D eigenvalue weighted by Gasteiger charge is -2.20. The SMILES string of the molecule is CCn1c(=O)c2c(Nc3ccc(C)cc3F)n(C)c(=O)c(C)c2n(-c2cccc(NC(C)=O)c2)c1=O. The number of amides is 1. The normalized spacial score (nSPS) is 11.1. The van der Waals surface area contributed by atoms with Crippen molar-refractivity contribution < 1.29 is 9.18 Å². The van der Waals surface area contributed by atoms with E-state index in [1.807, 2.05) is 0 Å². The van der Waals surface area contributed by atoms with Crippen molar-refractivity contribution in [3.05, 3.63) is 90.6 Å². The molecular weight excluding hydrogens is 465 g/mol. The molecule has 0 aliphatic carbocycles. The van der Waals surface area contributed by atoms with Crippen LogP contribution < -0.4 is 27.4 Å². The maximum atomic E-state index is 14.7. The van der Waals surface area contributed by atoms with Crippen LogP contribution in [0.5, 0.6) is 0 Å². The van der Waals surface area contributed by atoms with E-state index in [0.717, 1.165) is 4.57 Å². The Labute approximate surface area is 205 Å². The first-order valence-corrected chi connectivity index (χ1v) is 11.4. The van der Waals surface area contributed by atoms with Crippen LogP contribution in [0.3, 0.4) is 0 Å². The molecule has 2 aromatic carbocycles. The molecule has 0 atom stereocenters. The average Bonchev–Trinajstić information content (AvgIpc) is 2.82. The molecule has 1 amide bonds. The van der Waals surface area contributed by atoms with Crippen LogP contribution >= 0.6 is 0 Å². The van der Waals surface area contributed by atoms with Crippen LogP contribution in [0.1, 0.15) is 25.0 Å². The van der Waals surface area contributed by atoms with E-state index in [9.17, 15) is 23.6 Å². The summed E-state index contributed by atoms with van der Waals surface area (Å²) in [6.45, 7) is 6.37. The number of aromatic nitrogens is 3. The van der Waals surface area contributed by atoms with Gasteiger partial charge in [-0.05, 0) is 56.7 Å². The van der Waals surface area contributed by atoms with Crippen LogP contribution in [0.15, 0.2) is 56.8 Å². The van der Waals surface area contributed by atoms with Crippen molar-refractivity contribution in [1.82, 2.24) is 13.7 Å². The van der Waals surface area contributed by atoms with Crippen LogP contribution in [-0.4, -0.2) is 19.6 Å². The summed E-state index contributed by atoms with van der Waals surface area (Å²) < 4.78 is 18.3. The Morgan fingerprint density at radius 3 is 2.39 bits per heavy atom. The molecule has 186 valence electrons. The van der Waals surface area contributed by atoms with Gasteiger partial charge in [-0.1, -0.05) is 12.1 Å². The monoisotopic (exact) mass is 491 g/mol. The highest BCUT2D eigenvalue weighted by Crippen LogP contribution is 2.27. The maximum Gasteiger partial charge on any atom is 0.336 e. The number of hydrogen-bond donors (Lipinski definition) is 2. The van der Waals surface area contributed by atoms with E-state index in [-0.39, 0.29) is 40.4 Å². The fourth-order valence-electron chi connectivity index (χ4n) is 4.28. The summed E-state index contributed by atoms with van der Waals surface area (Å²) in [5.41, 5.74) is 0.142. The number of carbonyl (C=O) groups is 1. The van der Waals surface area contributed by atoms with Crippen molar-refractivity contribution in [1.29, 1.82) is 0 Å². The standard InChI is InChI=1S/C26H26FN5O4/c1-6-31-25(35)21-22(32(26(31)36)18-9-7-8-17(13-18)28-16(4)33)15(3)24(34)30(5)23(21)29-20-11-10-14(2)12-19(20)27/h7-13,29H,6H2,1-5H3,(H,28,33). The number of pyridine rings is 1. The number of fused-ring (bicyclic) bond motifs is 1. The topological polar surface area (TPSA) is 107 Å². The quantitative estimate of drug-likeness (QED) is 0.445. The molecule has 4 aromatic rings. The van der Waals surface area contributed by atoms with Crippen molar-refractivity contribution in [2.75, 3.05) is 10.6 Å². The van der Waals surface area contributed by atoms with Gasteiger partial charge in [0.2, 0.25) is 5.91 Å². The molecule has 0 radical (unpaired) electrons. The first-order chi connectivity index (χ1) is 17.0. The lowest BCUT2D eigenvalue weighted by atomic mass is 10.1. The number of nitrogens with zero attached hydrogens (tertiary/aromatic N) is 3. The minimum atomic E-state index is -0.640. The predicted molar refractivity (Wildman–Crippen MR) is 138 cm³/mol. The Kier molecular flexibility index (Phi) is 6.36. The molecule has 0 saturated carbocycles. The number of rotatable bonds is 5. The van der Waals surface area contributed by atoms with Gasteiger partial charge in [-0.2, -0.15) is 0 Å². The molecule has 9 nitrogen and oxygen atoms in total. The van der Waals surface area contributed by atoms with Gasteiger partial charge in [0.25, 0.3) is 11.1 Å². The van der Waals surface area contributed by atoms with Crippen molar-refractivity contribution in [2.24, 2.45) is 7.05 Å². The molecule has 0 fully saturated rings. The molecule has 4 rings (SSSR count). The van der Waals surface area contributed by atoms with E-state index < -0.39 is 22.6 Å². The molecular formula is C26H26FN5O4.